The normalized spacial score (nSPS) is 9.82. The van der Waals surface area contributed by atoms with E-state index >= 15 is 0 Å². The van der Waals surface area contributed by atoms with Gasteiger partial charge in [0.15, 0.2) is 11.5 Å². The Labute approximate surface area is 102 Å². The topological polar surface area (TPSA) is 89.8 Å². The fraction of sp³-hybridized carbons (Fsp3) is 0.200. The lowest BCUT2D eigenvalue weighted by molar-refractivity contribution is 0.908. The molecule has 2 aromatic heterocycles. The van der Waals surface area contributed by atoms with Crippen molar-refractivity contribution in [2.75, 3.05) is 18.1 Å². The predicted molar refractivity (Wildman–Crippen MR) is 63.6 cm³/mol. The zero-order valence-electron chi connectivity index (χ0n) is 9.01. The number of rotatable bonds is 3. The third-order valence-corrected chi connectivity index (χ3v) is 2.82. The second-order valence-electron chi connectivity index (χ2n) is 3.07. The van der Waals surface area contributed by atoms with Gasteiger partial charge in [-0.1, -0.05) is 0 Å². The molecule has 2 heterocycles. The van der Waals surface area contributed by atoms with E-state index in [-0.39, 0.29) is 6.54 Å². The highest BCUT2D eigenvalue weighted by Crippen LogP contribution is 2.25. The van der Waals surface area contributed by atoms with E-state index in [0.717, 1.165) is 0 Å². The van der Waals surface area contributed by atoms with E-state index in [2.05, 4.69) is 21.5 Å². The van der Waals surface area contributed by atoms with Gasteiger partial charge in [0.05, 0.1) is 12.3 Å². The number of hydrogen-bond acceptors (Lipinski definition) is 6. The van der Waals surface area contributed by atoms with Crippen LogP contribution in [0.3, 0.4) is 0 Å². The fourth-order valence-corrected chi connectivity index (χ4v) is 1.99. The zero-order chi connectivity index (χ0) is 12.3. The Kier molecular flexibility index (Phi) is 3.12. The standard InChI is InChI=1S/C10H8N6S/c1-17-10-7(6-12)9(13-5-3-11)16-8(15-10)2-4-14-16/h2,4,13H,5H2,1H3. The van der Waals surface area contributed by atoms with Crippen molar-refractivity contribution in [3.05, 3.63) is 17.8 Å². The highest BCUT2D eigenvalue weighted by Gasteiger charge is 2.14. The largest absolute Gasteiger partial charge is 0.356 e. The molecular formula is C10H8N6S. The van der Waals surface area contributed by atoms with Crippen LogP contribution in [0.5, 0.6) is 0 Å². The lowest BCUT2D eigenvalue weighted by atomic mass is 10.3. The molecule has 7 heteroatoms. The van der Waals surface area contributed by atoms with Gasteiger partial charge in [-0.05, 0) is 6.26 Å². The molecule has 0 bridgehead atoms. The number of nitrogens with zero attached hydrogens (tertiary/aromatic N) is 5. The molecule has 1 N–H and O–H groups in total. The highest BCUT2D eigenvalue weighted by molar-refractivity contribution is 7.98. The Hall–Kier alpha value is -2.25. The first-order valence-corrected chi connectivity index (χ1v) is 5.97. The van der Waals surface area contributed by atoms with Crippen molar-refractivity contribution in [3.63, 3.8) is 0 Å². The van der Waals surface area contributed by atoms with E-state index in [1.54, 1.807) is 12.3 Å². The predicted octanol–water partition coefficient (Wildman–Crippen LogP) is 1.26. The number of aromatic nitrogens is 3. The molecule has 0 amide bonds. The van der Waals surface area contributed by atoms with Crippen LogP contribution in [0.25, 0.3) is 5.65 Å². The van der Waals surface area contributed by atoms with Crippen molar-refractivity contribution in [3.8, 4) is 12.1 Å². The molecule has 0 unspecified atom stereocenters. The average molecular weight is 244 g/mol. The Morgan fingerprint density at radius 1 is 1.53 bits per heavy atom. The minimum absolute atomic E-state index is 0.113. The summed E-state index contributed by atoms with van der Waals surface area (Å²) in [4.78, 5) is 4.31. The summed E-state index contributed by atoms with van der Waals surface area (Å²) in [6.45, 7) is 0.113. The van der Waals surface area contributed by atoms with Crippen molar-refractivity contribution >= 4 is 23.2 Å². The van der Waals surface area contributed by atoms with Gasteiger partial charge in [-0.25, -0.2) is 4.98 Å². The Morgan fingerprint density at radius 2 is 2.35 bits per heavy atom. The molecule has 2 aromatic rings. The maximum absolute atomic E-state index is 9.16. The number of fused-ring (bicyclic) bond motifs is 1. The van der Waals surface area contributed by atoms with Gasteiger partial charge in [0.1, 0.15) is 23.2 Å². The summed E-state index contributed by atoms with van der Waals surface area (Å²) in [5.74, 6) is 0.508. The monoisotopic (exact) mass is 244 g/mol. The van der Waals surface area contributed by atoms with E-state index in [1.807, 2.05) is 12.3 Å². The molecule has 2 rings (SSSR count). The van der Waals surface area contributed by atoms with E-state index in [9.17, 15) is 0 Å². The molecule has 0 aliphatic rings. The van der Waals surface area contributed by atoms with E-state index in [0.29, 0.717) is 22.1 Å². The molecule has 0 radical (unpaired) electrons. The van der Waals surface area contributed by atoms with Crippen molar-refractivity contribution in [2.24, 2.45) is 0 Å². The highest BCUT2D eigenvalue weighted by atomic mass is 32.2. The van der Waals surface area contributed by atoms with Gasteiger partial charge in [0, 0.05) is 6.07 Å². The van der Waals surface area contributed by atoms with Crippen LogP contribution >= 0.6 is 11.8 Å². The van der Waals surface area contributed by atoms with Crippen LogP contribution in [0.1, 0.15) is 5.56 Å². The summed E-state index contributed by atoms with van der Waals surface area (Å²) >= 11 is 1.39. The van der Waals surface area contributed by atoms with Gasteiger partial charge in [0.25, 0.3) is 0 Å². The van der Waals surface area contributed by atoms with E-state index in [4.69, 9.17) is 10.5 Å². The maximum atomic E-state index is 9.16. The van der Waals surface area contributed by atoms with Crippen LogP contribution in [-0.4, -0.2) is 27.4 Å². The minimum Gasteiger partial charge on any atom is -0.356 e. The number of nitriles is 2. The second kappa shape index (κ2) is 4.73. The van der Waals surface area contributed by atoms with Gasteiger partial charge in [-0.2, -0.15) is 20.1 Å². The third kappa shape index (κ3) is 1.88. The van der Waals surface area contributed by atoms with Crippen molar-refractivity contribution in [2.45, 2.75) is 5.03 Å². The van der Waals surface area contributed by atoms with Gasteiger partial charge in [0.2, 0.25) is 0 Å². The lowest BCUT2D eigenvalue weighted by Gasteiger charge is -2.09. The average Bonchev–Trinajstić information content (AvgIpc) is 2.82. The van der Waals surface area contributed by atoms with E-state index < -0.39 is 0 Å². The maximum Gasteiger partial charge on any atom is 0.158 e. The summed E-state index contributed by atoms with van der Waals surface area (Å²) in [6, 6.07) is 5.81. The molecule has 0 aliphatic heterocycles. The first-order valence-electron chi connectivity index (χ1n) is 4.74. The fourth-order valence-electron chi connectivity index (χ4n) is 1.46. The molecule has 17 heavy (non-hydrogen) atoms. The molecule has 84 valence electrons. The quantitative estimate of drug-likeness (QED) is 0.496. The van der Waals surface area contributed by atoms with Gasteiger partial charge in [-0.15, -0.1) is 11.8 Å². The first-order chi connectivity index (χ1) is 8.31. The zero-order valence-corrected chi connectivity index (χ0v) is 9.82. The molecule has 0 aliphatic carbocycles. The summed E-state index contributed by atoms with van der Waals surface area (Å²) in [6.07, 6.45) is 3.45. The minimum atomic E-state index is 0.113. The van der Waals surface area contributed by atoms with Crippen LogP contribution in [0.2, 0.25) is 0 Å². The molecule has 0 spiro atoms. The Morgan fingerprint density at radius 3 is 3.00 bits per heavy atom. The molecule has 0 saturated carbocycles. The summed E-state index contributed by atoms with van der Waals surface area (Å²) < 4.78 is 1.52. The molecule has 0 saturated heterocycles. The van der Waals surface area contributed by atoms with Crippen LogP contribution in [0, 0.1) is 22.7 Å². The number of nitrogens with one attached hydrogen (secondary N) is 1. The van der Waals surface area contributed by atoms with Crippen molar-refractivity contribution < 1.29 is 0 Å². The summed E-state index contributed by atoms with van der Waals surface area (Å²) in [5, 5.41) is 25.3. The molecule has 6 nitrogen and oxygen atoms in total. The summed E-state index contributed by atoms with van der Waals surface area (Å²) in [5.41, 5.74) is 1.05. The van der Waals surface area contributed by atoms with Gasteiger partial charge >= 0.3 is 0 Å². The van der Waals surface area contributed by atoms with Crippen LogP contribution in [0.15, 0.2) is 17.3 Å². The van der Waals surface area contributed by atoms with Crippen molar-refractivity contribution in [1.29, 1.82) is 10.5 Å². The molecule has 0 atom stereocenters. The molecule has 0 fully saturated rings. The van der Waals surface area contributed by atoms with Crippen LogP contribution < -0.4 is 5.32 Å². The second-order valence-corrected chi connectivity index (χ2v) is 3.86. The third-order valence-electron chi connectivity index (χ3n) is 2.14. The summed E-state index contributed by atoms with van der Waals surface area (Å²) in [7, 11) is 0. The number of thioether (sulfide) groups is 1. The van der Waals surface area contributed by atoms with Gasteiger partial charge in [-0.3, -0.25) is 0 Å². The van der Waals surface area contributed by atoms with Crippen molar-refractivity contribution in [1.82, 2.24) is 14.6 Å². The Bertz CT molecular complexity index is 633. The van der Waals surface area contributed by atoms with Crippen LogP contribution in [0.4, 0.5) is 5.82 Å². The van der Waals surface area contributed by atoms with Crippen LogP contribution in [-0.2, 0) is 0 Å². The van der Waals surface area contributed by atoms with E-state index in [1.165, 1.54) is 16.3 Å². The lowest BCUT2D eigenvalue weighted by Crippen LogP contribution is -2.09. The molecule has 0 aromatic carbocycles. The smallest absolute Gasteiger partial charge is 0.158 e. The Balaban J connectivity index is 2.70. The number of anilines is 1. The van der Waals surface area contributed by atoms with Gasteiger partial charge < -0.3 is 5.32 Å². The first kappa shape index (κ1) is 11.2. The molecular weight excluding hydrogens is 236 g/mol. The SMILES string of the molecule is CSc1nc2ccnn2c(NCC#N)c1C#N. The number of hydrogen-bond donors (Lipinski definition) is 1.